The molecular formula is C16H15BrFN. The summed E-state index contributed by atoms with van der Waals surface area (Å²) in [6, 6.07) is 14.1. The lowest BCUT2D eigenvalue weighted by molar-refractivity contribution is 0.513. The van der Waals surface area contributed by atoms with Crippen LogP contribution in [0.4, 0.5) is 4.39 Å². The van der Waals surface area contributed by atoms with Crippen LogP contribution >= 0.6 is 15.9 Å². The fourth-order valence-electron chi connectivity index (χ4n) is 2.67. The fourth-order valence-corrected chi connectivity index (χ4v) is 3.00. The van der Waals surface area contributed by atoms with Gasteiger partial charge in [0.25, 0.3) is 0 Å². The molecule has 3 heteroatoms. The number of hydrogen-bond acceptors (Lipinski definition) is 1. The lowest BCUT2D eigenvalue weighted by Gasteiger charge is -2.14. The quantitative estimate of drug-likeness (QED) is 0.886. The van der Waals surface area contributed by atoms with Crippen LogP contribution in [-0.4, -0.2) is 0 Å². The van der Waals surface area contributed by atoms with Crippen LogP contribution in [0.1, 0.15) is 29.2 Å². The summed E-state index contributed by atoms with van der Waals surface area (Å²) in [6.07, 6.45) is 2.20. The Kier molecular flexibility index (Phi) is 3.67. The number of fused-ring (bicyclic) bond motifs is 1. The average Bonchev–Trinajstić information content (AvgIpc) is 2.81. The summed E-state index contributed by atoms with van der Waals surface area (Å²) in [6.45, 7) is 0.568. The highest BCUT2D eigenvalue weighted by molar-refractivity contribution is 9.10. The third-order valence-electron chi connectivity index (χ3n) is 3.69. The van der Waals surface area contributed by atoms with Crippen molar-refractivity contribution in [1.82, 2.24) is 5.32 Å². The van der Waals surface area contributed by atoms with Gasteiger partial charge in [0.1, 0.15) is 5.82 Å². The summed E-state index contributed by atoms with van der Waals surface area (Å²) < 4.78 is 14.5. The molecule has 0 bridgehead atoms. The van der Waals surface area contributed by atoms with Gasteiger partial charge in [0, 0.05) is 22.6 Å². The SMILES string of the molecule is Fc1cc(Br)ccc1CNC1CCc2ccccc21. The van der Waals surface area contributed by atoms with E-state index in [-0.39, 0.29) is 5.82 Å². The molecule has 0 heterocycles. The van der Waals surface area contributed by atoms with E-state index in [4.69, 9.17) is 0 Å². The number of rotatable bonds is 3. The minimum Gasteiger partial charge on any atom is -0.306 e. The largest absolute Gasteiger partial charge is 0.306 e. The number of nitrogens with one attached hydrogen (secondary N) is 1. The van der Waals surface area contributed by atoms with Crippen LogP contribution < -0.4 is 5.32 Å². The Morgan fingerprint density at radius 1 is 1.21 bits per heavy atom. The van der Waals surface area contributed by atoms with Gasteiger partial charge in [-0.15, -0.1) is 0 Å². The zero-order valence-corrected chi connectivity index (χ0v) is 12.1. The van der Waals surface area contributed by atoms with Gasteiger partial charge < -0.3 is 5.32 Å². The zero-order valence-electron chi connectivity index (χ0n) is 10.5. The van der Waals surface area contributed by atoms with Crippen molar-refractivity contribution in [3.63, 3.8) is 0 Å². The Balaban J connectivity index is 1.71. The average molecular weight is 320 g/mol. The van der Waals surface area contributed by atoms with Crippen molar-refractivity contribution in [3.8, 4) is 0 Å². The summed E-state index contributed by atoms with van der Waals surface area (Å²) in [5, 5.41) is 3.46. The second-order valence-electron chi connectivity index (χ2n) is 4.91. The van der Waals surface area contributed by atoms with E-state index in [0.29, 0.717) is 18.2 Å². The number of benzene rings is 2. The summed E-state index contributed by atoms with van der Waals surface area (Å²) in [5.74, 6) is -0.159. The lowest BCUT2D eigenvalue weighted by Crippen LogP contribution is -2.19. The number of halogens is 2. The highest BCUT2D eigenvalue weighted by Gasteiger charge is 2.21. The van der Waals surface area contributed by atoms with E-state index in [0.717, 1.165) is 17.3 Å². The molecule has 0 fully saturated rings. The highest BCUT2D eigenvalue weighted by Crippen LogP contribution is 2.31. The predicted octanol–water partition coefficient (Wildman–Crippen LogP) is 4.37. The Hall–Kier alpha value is -1.19. The van der Waals surface area contributed by atoms with E-state index in [2.05, 4.69) is 45.5 Å². The lowest BCUT2D eigenvalue weighted by atomic mass is 10.1. The molecule has 0 amide bonds. The first-order valence-electron chi connectivity index (χ1n) is 6.49. The smallest absolute Gasteiger partial charge is 0.128 e. The van der Waals surface area contributed by atoms with Gasteiger partial charge in [0.05, 0.1) is 0 Å². The first kappa shape index (κ1) is 12.8. The Labute approximate surface area is 121 Å². The minimum absolute atomic E-state index is 0.159. The summed E-state index contributed by atoms with van der Waals surface area (Å²) in [5.41, 5.74) is 3.49. The van der Waals surface area contributed by atoms with Crippen LogP contribution in [-0.2, 0) is 13.0 Å². The standard InChI is InChI=1S/C16H15BrFN/c17-13-7-5-12(15(18)9-13)10-19-16-8-6-11-3-1-2-4-14(11)16/h1-5,7,9,16,19H,6,8,10H2. The minimum atomic E-state index is -0.159. The molecule has 2 aromatic rings. The van der Waals surface area contributed by atoms with Crippen LogP contribution in [0.3, 0.4) is 0 Å². The van der Waals surface area contributed by atoms with Crippen LogP contribution in [0, 0.1) is 5.82 Å². The molecule has 0 aliphatic heterocycles. The van der Waals surface area contributed by atoms with E-state index in [1.807, 2.05) is 12.1 Å². The van der Waals surface area contributed by atoms with Crippen molar-refractivity contribution in [2.75, 3.05) is 0 Å². The molecule has 0 aromatic heterocycles. The van der Waals surface area contributed by atoms with Crippen LogP contribution in [0.25, 0.3) is 0 Å². The first-order valence-corrected chi connectivity index (χ1v) is 7.28. The number of aryl methyl sites for hydroxylation is 1. The molecule has 98 valence electrons. The molecule has 0 radical (unpaired) electrons. The second kappa shape index (κ2) is 5.43. The molecule has 19 heavy (non-hydrogen) atoms. The van der Waals surface area contributed by atoms with Crippen molar-refractivity contribution in [2.24, 2.45) is 0 Å². The monoisotopic (exact) mass is 319 g/mol. The van der Waals surface area contributed by atoms with Crippen LogP contribution in [0.15, 0.2) is 46.9 Å². The van der Waals surface area contributed by atoms with Crippen molar-refractivity contribution in [1.29, 1.82) is 0 Å². The van der Waals surface area contributed by atoms with Crippen LogP contribution in [0.5, 0.6) is 0 Å². The summed E-state index contributed by atoms with van der Waals surface area (Å²) >= 11 is 3.27. The predicted molar refractivity (Wildman–Crippen MR) is 78.4 cm³/mol. The molecule has 1 N–H and O–H groups in total. The molecular weight excluding hydrogens is 305 g/mol. The van der Waals surface area contributed by atoms with Crippen molar-refractivity contribution in [3.05, 3.63) is 69.4 Å². The van der Waals surface area contributed by atoms with Gasteiger partial charge in [0.2, 0.25) is 0 Å². The van der Waals surface area contributed by atoms with Gasteiger partial charge >= 0.3 is 0 Å². The van der Waals surface area contributed by atoms with Gasteiger partial charge in [-0.2, -0.15) is 0 Å². The van der Waals surface area contributed by atoms with Crippen molar-refractivity contribution >= 4 is 15.9 Å². The van der Waals surface area contributed by atoms with E-state index < -0.39 is 0 Å². The normalized spacial score (nSPS) is 17.5. The first-order chi connectivity index (χ1) is 9.24. The molecule has 1 atom stereocenters. The molecule has 3 rings (SSSR count). The maximum Gasteiger partial charge on any atom is 0.128 e. The third-order valence-corrected chi connectivity index (χ3v) is 4.18. The molecule has 1 unspecified atom stereocenters. The summed E-state index contributed by atoms with van der Waals surface area (Å²) in [4.78, 5) is 0. The Bertz CT molecular complexity index is 597. The topological polar surface area (TPSA) is 12.0 Å². The highest BCUT2D eigenvalue weighted by atomic mass is 79.9. The van der Waals surface area contributed by atoms with Gasteiger partial charge in [-0.05, 0) is 36.1 Å². The van der Waals surface area contributed by atoms with E-state index >= 15 is 0 Å². The maximum absolute atomic E-state index is 13.8. The van der Waals surface area contributed by atoms with Gasteiger partial charge in [0.15, 0.2) is 0 Å². The van der Waals surface area contributed by atoms with E-state index in [9.17, 15) is 4.39 Å². The Morgan fingerprint density at radius 3 is 2.89 bits per heavy atom. The molecule has 1 aliphatic carbocycles. The fraction of sp³-hybridized carbons (Fsp3) is 0.250. The molecule has 1 nitrogen and oxygen atoms in total. The van der Waals surface area contributed by atoms with E-state index in [1.165, 1.54) is 17.2 Å². The van der Waals surface area contributed by atoms with Crippen LogP contribution in [0.2, 0.25) is 0 Å². The van der Waals surface area contributed by atoms with Crippen molar-refractivity contribution in [2.45, 2.75) is 25.4 Å². The third kappa shape index (κ3) is 2.72. The van der Waals surface area contributed by atoms with Gasteiger partial charge in [-0.25, -0.2) is 4.39 Å². The molecule has 0 spiro atoms. The zero-order chi connectivity index (χ0) is 13.2. The van der Waals surface area contributed by atoms with E-state index in [1.54, 1.807) is 0 Å². The molecule has 0 saturated carbocycles. The molecule has 0 saturated heterocycles. The Morgan fingerprint density at radius 2 is 2.05 bits per heavy atom. The maximum atomic E-state index is 13.8. The van der Waals surface area contributed by atoms with Gasteiger partial charge in [-0.1, -0.05) is 46.3 Å². The summed E-state index contributed by atoms with van der Waals surface area (Å²) in [7, 11) is 0. The number of hydrogen-bond donors (Lipinski definition) is 1. The second-order valence-corrected chi connectivity index (χ2v) is 5.82. The molecule has 1 aliphatic rings. The van der Waals surface area contributed by atoms with Crippen molar-refractivity contribution < 1.29 is 4.39 Å². The van der Waals surface area contributed by atoms with Gasteiger partial charge in [-0.3, -0.25) is 0 Å². The molecule has 2 aromatic carbocycles.